The van der Waals surface area contributed by atoms with E-state index in [1.165, 1.54) is 135 Å². The van der Waals surface area contributed by atoms with Crippen molar-refractivity contribution in [3.05, 3.63) is 12.2 Å². The summed E-state index contributed by atoms with van der Waals surface area (Å²) in [4.78, 5) is 46.0. The van der Waals surface area contributed by atoms with Crippen LogP contribution >= 0.6 is 7.82 Å². The summed E-state index contributed by atoms with van der Waals surface area (Å²) in [5.41, 5.74) is 5.33. The van der Waals surface area contributed by atoms with Crippen molar-refractivity contribution in [3.63, 3.8) is 0 Å². The zero-order chi connectivity index (χ0) is 41.4. The van der Waals surface area contributed by atoms with Crippen LogP contribution in [0.1, 0.15) is 219 Å². The van der Waals surface area contributed by atoms with Crippen molar-refractivity contribution in [2.45, 2.75) is 231 Å². The molecular weight excluding hydrogens is 733 g/mol. The maximum atomic E-state index is 12.6. The van der Waals surface area contributed by atoms with Crippen LogP contribution in [0.15, 0.2) is 12.2 Å². The van der Waals surface area contributed by atoms with Gasteiger partial charge >= 0.3 is 25.7 Å². The molecule has 0 spiro atoms. The second-order valence-electron chi connectivity index (χ2n) is 15.5. The second-order valence-corrected chi connectivity index (χ2v) is 17.0. The van der Waals surface area contributed by atoms with E-state index in [2.05, 4.69) is 30.5 Å². The Labute approximate surface area is 341 Å². The van der Waals surface area contributed by atoms with Crippen LogP contribution in [0, 0.1) is 0 Å². The number of carbonyl (C=O) groups is 3. The first-order chi connectivity index (χ1) is 27.1. The molecule has 0 saturated heterocycles. The van der Waals surface area contributed by atoms with Gasteiger partial charge in [0.15, 0.2) is 6.10 Å². The predicted molar refractivity (Wildman–Crippen MR) is 226 cm³/mol. The molecule has 3 atom stereocenters. The number of nitrogens with two attached hydrogens (primary N) is 1. The number of carbonyl (C=O) groups excluding carboxylic acids is 2. The van der Waals surface area contributed by atoms with Crippen molar-refractivity contribution in [3.8, 4) is 0 Å². The molecule has 0 aromatic heterocycles. The Balaban J connectivity index is 4.30. The summed E-state index contributed by atoms with van der Waals surface area (Å²) >= 11 is 0. The van der Waals surface area contributed by atoms with Crippen molar-refractivity contribution in [2.75, 3.05) is 19.8 Å². The van der Waals surface area contributed by atoms with E-state index in [1.807, 2.05) is 0 Å². The first-order valence-electron chi connectivity index (χ1n) is 22.7. The second kappa shape index (κ2) is 40.0. The number of hydrogen-bond acceptors (Lipinski definition) is 9. The smallest absolute Gasteiger partial charge is 0.472 e. The normalized spacial score (nSPS) is 13.8. The van der Waals surface area contributed by atoms with Crippen molar-refractivity contribution >= 4 is 25.7 Å². The van der Waals surface area contributed by atoms with Gasteiger partial charge in [-0.05, 0) is 38.5 Å². The van der Waals surface area contributed by atoms with Gasteiger partial charge in [-0.3, -0.25) is 23.4 Å². The molecule has 0 aromatic rings. The van der Waals surface area contributed by atoms with Gasteiger partial charge in [0.25, 0.3) is 0 Å². The maximum Gasteiger partial charge on any atom is 0.472 e. The molecule has 0 aliphatic carbocycles. The zero-order valence-corrected chi connectivity index (χ0v) is 36.6. The molecule has 0 radical (unpaired) electrons. The third-order valence-corrected chi connectivity index (χ3v) is 11.0. The Morgan fingerprint density at radius 1 is 0.536 bits per heavy atom. The van der Waals surface area contributed by atoms with E-state index in [1.54, 1.807) is 0 Å². The summed E-state index contributed by atoms with van der Waals surface area (Å²) in [5, 5.41) is 8.89. The van der Waals surface area contributed by atoms with Gasteiger partial charge in [0, 0.05) is 12.8 Å². The third kappa shape index (κ3) is 39.1. The molecule has 12 heteroatoms. The molecule has 11 nitrogen and oxygen atoms in total. The van der Waals surface area contributed by atoms with Gasteiger partial charge in [-0.15, -0.1) is 0 Å². The lowest BCUT2D eigenvalue weighted by Crippen LogP contribution is -2.34. The molecule has 0 amide bonds. The Hall–Kier alpha value is -1.78. The molecular formula is C44H84NO10P. The van der Waals surface area contributed by atoms with E-state index < -0.39 is 51.1 Å². The summed E-state index contributed by atoms with van der Waals surface area (Å²) in [5.74, 6) is -2.37. The molecule has 56 heavy (non-hydrogen) atoms. The highest BCUT2D eigenvalue weighted by Crippen LogP contribution is 2.43. The number of rotatable bonds is 43. The molecule has 0 rings (SSSR count). The van der Waals surface area contributed by atoms with Gasteiger partial charge in [-0.2, -0.15) is 0 Å². The number of allylic oxidation sites excluding steroid dienone is 2. The van der Waals surface area contributed by atoms with Crippen LogP contribution < -0.4 is 5.73 Å². The van der Waals surface area contributed by atoms with Gasteiger partial charge in [0.1, 0.15) is 12.6 Å². The first-order valence-corrected chi connectivity index (χ1v) is 24.2. The topological polar surface area (TPSA) is 172 Å². The Bertz CT molecular complexity index is 1010. The number of phosphoric acid groups is 1. The summed E-state index contributed by atoms with van der Waals surface area (Å²) in [6.07, 6.45) is 39.9. The number of esters is 2. The van der Waals surface area contributed by atoms with Crippen LogP contribution in [0.2, 0.25) is 0 Å². The molecule has 0 aromatic carbocycles. The molecule has 0 saturated carbocycles. The fourth-order valence-corrected chi connectivity index (χ4v) is 7.19. The lowest BCUT2D eigenvalue weighted by Gasteiger charge is -2.20. The van der Waals surface area contributed by atoms with Crippen molar-refractivity contribution in [1.82, 2.24) is 0 Å². The summed E-state index contributed by atoms with van der Waals surface area (Å²) in [6.45, 7) is 2.82. The zero-order valence-electron chi connectivity index (χ0n) is 35.7. The minimum Gasteiger partial charge on any atom is -0.480 e. The van der Waals surface area contributed by atoms with Crippen LogP contribution in [0.25, 0.3) is 0 Å². The average molecular weight is 818 g/mol. The number of hydrogen-bond donors (Lipinski definition) is 3. The van der Waals surface area contributed by atoms with E-state index in [0.29, 0.717) is 12.8 Å². The van der Waals surface area contributed by atoms with E-state index in [4.69, 9.17) is 24.8 Å². The quantitative estimate of drug-likeness (QED) is 0.0231. The van der Waals surface area contributed by atoms with Gasteiger partial charge in [0.05, 0.1) is 13.2 Å². The number of unbranched alkanes of at least 4 members (excludes halogenated alkanes) is 27. The van der Waals surface area contributed by atoms with Crippen LogP contribution in [-0.4, -0.2) is 59.9 Å². The molecule has 330 valence electrons. The van der Waals surface area contributed by atoms with Gasteiger partial charge < -0.3 is 25.2 Å². The van der Waals surface area contributed by atoms with Crippen molar-refractivity contribution in [2.24, 2.45) is 5.73 Å². The molecule has 0 aliphatic rings. The molecule has 0 fully saturated rings. The summed E-state index contributed by atoms with van der Waals surface area (Å²) < 4.78 is 32.7. The van der Waals surface area contributed by atoms with Crippen molar-refractivity contribution < 1.29 is 47.5 Å². The van der Waals surface area contributed by atoms with E-state index in [-0.39, 0.29) is 19.4 Å². The van der Waals surface area contributed by atoms with Gasteiger partial charge in [0.2, 0.25) is 0 Å². The van der Waals surface area contributed by atoms with E-state index >= 15 is 0 Å². The minimum absolute atomic E-state index is 0.161. The van der Waals surface area contributed by atoms with Crippen LogP contribution in [0.5, 0.6) is 0 Å². The van der Waals surface area contributed by atoms with E-state index in [0.717, 1.165) is 44.9 Å². The molecule has 1 unspecified atom stereocenters. The lowest BCUT2D eigenvalue weighted by molar-refractivity contribution is -0.161. The molecule has 4 N–H and O–H groups in total. The third-order valence-electron chi connectivity index (χ3n) is 10.0. The SMILES string of the molecule is CCCCCCCCCC/C=C\CCCCCCCCCC(=O)O[C@H](COC(=O)CCCCCCCCCCCCCCC)COP(=O)(O)OC[C@H](N)C(=O)O. The molecule has 0 bridgehead atoms. The van der Waals surface area contributed by atoms with Crippen LogP contribution in [-0.2, 0) is 37.5 Å². The van der Waals surface area contributed by atoms with Crippen LogP contribution in [0.3, 0.4) is 0 Å². The van der Waals surface area contributed by atoms with Gasteiger partial charge in [-0.1, -0.05) is 180 Å². The highest BCUT2D eigenvalue weighted by Gasteiger charge is 2.28. The lowest BCUT2D eigenvalue weighted by atomic mass is 10.0. The molecule has 0 aliphatic heterocycles. The molecule has 0 heterocycles. The number of ether oxygens (including phenoxy) is 2. The first kappa shape index (κ1) is 54.2. The Morgan fingerprint density at radius 3 is 1.30 bits per heavy atom. The van der Waals surface area contributed by atoms with Crippen molar-refractivity contribution in [1.29, 1.82) is 0 Å². The number of carboxylic acid groups (broad SMARTS) is 1. The minimum atomic E-state index is -4.71. The summed E-state index contributed by atoms with van der Waals surface area (Å²) in [7, 11) is -4.71. The number of phosphoric ester groups is 1. The largest absolute Gasteiger partial charge is 0.480 e. The number of carboxylic acids is 1. The predicted octanol–water partition coefficient (Wildman–Crippen LogP) is 12.1. The summed E-state index contributed by atoms with van der Waals surface area (Å²) in [6, 6.07) is -1.52. The average Bonchev–Trinajstić information content (AvgIpc) is 3.17. The maximum absolute atomic E-state index is 12.6. The van der Waals surface area contributed by atoms with Crippen LogP contribution in [0.4, 0.5) is 0 Å². The fourth-order valence-electron chi connectivity index (χ4n) is 6.41. The fraction of sp³-hybridized carbons (Fsp3) is 0.886. The highest BCUT2D eigenvalue weighted by molar-refractivity contribution is 7.47. The monoisotopic (exact) mass is 818 g/mol. The Kier molecular flexibility index (Phi) is 38.7. The standard InChI is InChI=1S/C44H84NO10P/c1-3-5-7-9-11-13-15-17-18-19-20-21-22-24-26-28-30-32-34-36-43(47)55-40(38-53-56(50,51)54-39-41(45)44(48)49)37-52-42(46)35-33-31-29-27-25-23-16-14-12-10-8-6-4-2/h19-20,40-41H,3-18,21-39,45H2,1-2H3,(H,48,49)(H,50,51)/b20-19-/t40-,41+/m1/s1. The van der Waals surface area contributed by atoms with E-state index in [9.17, 15) is 23.8 Å². The highest BCUT2D eigenvalue weighted by atomic mass is 31.2. The number of aliphatic carboxylic acids is 1. The Morgan fingerprint density at radius 2 is 0.893 bits per heavy atom. The van der Waals surface area contributed by atoms with Gasteiger partial charge in [-0.25, -0.2) is 4.57 Å².